The second-order valence-corrected chi connectivity index (χ2v) is 5.90. The molecule has 1 heterocycles. The number of Topliss-reactive ketones (excluding diaryl/α,β-unsaturated/α-hetero) is 1. The molecule has 1 N–H and O–H groups in total. The third-order valence-corrected chi connectivity index (χ3v) is 4.03. The number of hydrogen-bond donors (Lipinski definition) is 1. The van der Waals surface area contributed by atoms with Gasteiger partial charge >= 0.3 is 11.9 Å². The van der Waals surface area contributed by atoms with E-state index in [1.54, 1.807) is 6.92 Å². The van der Waals surface area contributed by atoms with E-state index in [9.17, 15) is 14.4 Å². The normalized spacial score (nSPS) is 10.9. The molecule has 0 aliphatic rings. The Bertz CT molecular complexity index is 1030. The van der Waals surface area contributed by atoms with Gasteiger partial charge in [-0.1, -0.05) is 48.5 Å². The summed E-state index contributed by atoms with van der Waals surface area (Å²) in [6.07, 6.45) is 1.91. The van der Waals surface area contributed by atoms with Crippen LogP contribution in [-0.2, 0) is 19.1 Å². The van der Waals surface area contributed by atoms with Gasteiger partial charge in [-0.25, -0.2) is 9.59 Å². The van der Waals surface area contributed by atoms with E-state index >= 15 is 0 Å². The minimum absolute atomic E-state index is 0.208. The third-order valence-electron chi connectivity index (χ3n) is 4.03. The van der Waals surface area contributed by atoms with Crippen molar-refractivity contribution in [2.75, 3.05) is 13.2 Å². The molecule has 0 fully saturated rings. The van der Waals surface area contributed by atoms with Crippen molar-refractivity contribution in [2.45, 2.75) is 6.92 Å². The van der Waals surface area contributed by atoms with Crippen molar-refractivity contribution in [1.29, 1.82) is 0 Å². The van der Waals surface area contributed by atoms with Crippen molar-refractivity contribution in [1.82, 2.24) is 4.98 Å². The zero-order valence-corrected chi connectivity index (χ0v) is 15.3. The highest BCUT2D eigenvalue weighted by molar-refractivity contribution is 6.14. The molecule has 6 heteroatoms. The molecule has 6 nitrogen and oxygen atoms in total. The number of hydrogen-bond acceptors (Lipinski definition) is 5. The van der Waals surface area contributed by atoms with Crippen LogP contribution in [0, 0.1) is 0 Å². The number of para-hydroxylation sites is 1. The van der Waals surface area contributed by atoms with Crippen LogP contribution < -0.4 is 0 Å². The first-order valence-corrected chi connectivity index (χ1v) is 8.81. The maximum Gasteiger partial charge on any atom is 0.331 e. The largest absolute Gasteiger partial charge is 0.463 e. The molecular formula is C22H19NO5. The average Bonchev–Trinajstić information content (AvgIpc) is 3.11. The molecule has 0 spiro atoms. The number of benzene rings is 2. The van der Waals surface area contributed by atoms with Gasteiger partial charge in [-0.15, -0.1) is 0 Å². The molecule has 0 atom stereocenters. The highest BCUT2D eigenvalue weighted by atomic mass is 16.5. The molecule has 3 aromatic rings. The molecule has 0 amide bonds. The fraction of sp³-hybridized carbons (Fsp3) is 0.136. The van der Waals surface area contributed by atoms with Crippen LogP contribution in [0.4, 0.5) is 0 Å². The lowest BCUT2D eigenvalue weighted by molar-refractivity contribution is -0.139. The standard InChI is InChI=1S/C22H19NO5/c1-2-27-19(25)12-13-20(26)28-14-18(24)21-16-10-6-7-11-17(16)23-22(21)15-8-4-3-5-9-15/h3-13,23H,2,14H2,1H3/b13-12+. The summed E-state index contributed by atoms with van der Waals surface area (Å²) in [5.74, 6) is -1.77. The molecule has 0 aliphatic heterocycles. The van der Waals surface area contributed by atoms with Gasteiger partial charge in [0, 0.05) is 23.1 Å². The Morgan fingerprint density at radius 1 is 0.893 bits per heavy atom. The monoisotopic (exact) mass is 377 g/mol. The molecule has 3 rings (SSSR count). The molecule has 0 saturated carbocycles. The van der Waals surface area contributed by atoms with Gasteiger partial charge in [-0.05, 0) is 18.6 Å². The fourth-order valence-electron chi connectivity index (χ4n) is 2.84. The Labute approximate surface area is 161 Å². The lowest BCUT2D eigenvalue weighted by Crippen LogP contribution is -2.13. The van der Waals surface area contributed by atoms with E-state index in [4.69, 9.17) is 4.74 Å². The van der Waals surface area contributed by atoms with E-state index in [1.165, 1.54) is 0 Å². The van der Waals surface area contributed by atoms with Gasteiger partial charge in [-0.2, -0.15) is 0 Å². The lowest BCUT2D eigenvalue weighted by Gasteiger charge is -2.05. The number of ether oxygens (including phenoxy) is 2. The molecule has 142 valence electrons. The molecule has 2 aromatic carbocycles. The van der Waals surface area contributed by atoms with Gasteiger partial charge in [0.05, 0.1) is 17.9 Å². The Hall–Kier alpha value is -3.67. The summed E-state index contributed by atoms with van der Waals surface area (Å²) in [4.78, 5) is 39.1. The summed E-state index contributed by atoms with van der Waals surface area (Å²) in [5.41, 5.74) is 2.81. The van der Waals surface area contributed by atoms with Crippen molar-refractivity contribution >= 4 is 28.6 Å². The molecule has 1 aromatic heterocycles. The van der Waals surface area contributed by atoms with Crippen molar-refractivity contribution in [3.05, 3.63) is 72.3 Å². The van der Waals surface area contributed by atoms with Crippen molar-refractivity contribution in [2.24, 2.45) is 0 Å². The van der Waals surface area contributed by atoms with Crippen LogP contribution in [0.25, 0.3) is 22.2 Å². The van der Waals surface area contributed by atoms with Crippen LogP contribution in [0.2, 0.25) is 0 Å². The summed E-state index contributed by atoms with van der Waals surface area (Å²) >= 11 is 0. The molecule has 0 unspecified atom stereocenters. The Kier molecular flexibility index (Phi) is 6.01. The minimum Gasteiger partial charge on any atom is -0.463 e. The third kappa shape index (κ3) is 4.35. The van der Waals surface area contributed by atoms with E-state index < -0.39 is 18.5 Å². The Morgan fingerprint density at radius 3 is 2.25 bits per heavy atom. The Morgan fingerprint density at radius 2 is 1.54 bits per heavy atom. The summed E-state index contributed by atoms with van der Waals surface area (Å²) in [7, 11) is 0. The van der Waals surface area contributed by atoms with Crippen LogP contribution in [0.15, 0.2) is 66.7 Å². The zero-order valence-electron chi connectivity index (χ0n) is 15.3. The van der Waals surface area contributed by atoms with Crippen molar-refractivity contribution < 1.29 is 23.9 Å². The summed E-state index contributed by atoms with van der Waals surface area (Å²) in [6, 6.07) is 16.9. The van der Waals surface area contributed by atoms with Crippen molar-refractivity contribution in [3.8, 4) is 11.3 Å². The number of esters is 2. The van der Waals surface area contributed by atoms with E-state index in [0.717, 1.165) is 28.6 Å². The van der Waals surface area contributed by atoms with Crippen molar-refractivity contribution in [3.63, 3.8) is 0 Å². The number of ketones is 1. The summed E-state index contributed by atoms with van der Waals surface area (Å²) in [5, 5.41) is 0.754. The Balaban J connectivity index is 1.82. The van der Waals surface area contributed by atoms with Gasteiger partial charge < -0.3 is 14.5 Å². The second-order valence-electron chi connectivity index (χ2n) is 5.90. The molecule has 0 aliphatic carbocycles. The van der Waals surface area contributed by atoms with Crippen LogP contribution in [0.5, 0.6) is 0 Å². The first-order chi connectivity index (χ1) is 13.6. The van der Waals surface area contributed by atoms with Crippen LogP contribution in [0.1, 0.15) is 17.3 Å². The number of nitrogens with one attached hydrogen (secondary N) is 1. The number of aromatic nitrogens is 1. The number of carbonyl (C=O) groups is 3. The van der Waals surface area contributed by atoms with E-state index in [-0.39, 0.29) is 12.4 Å². The zero-order chi connectivity index (χ0) is 19.9. The highest BCUT2D eigenvalue weighted by Gasteiger charge is 2.20. The topological polar surface area (TPSA) is 85.5 Å². The predicted molar refractivity (Wildman–Crippen MR) is 105 cm³/mol. The molecular weight excluding hydrogens is 358 g/mol. The van der Waals surface area contributed by atoms with Gasteiger partial charge in [0.2, 0.25) is 5.78 Å². The van der Waals surface area contributed by atoms with Crippen LogP contribution in [-0.4, -0.2) is 35.9 Å². The summed E-state index contributed by atoms with van der Waals surface area (Å²) in [6.45, 7) is 1.43. The fourth-order valence-corrected chi connectivity index (χ4v) is 2.84. The summed E-state index contributed by atoms with van der Waals surface area (Å²) < 4.78 is 9.68. The highest BCUT2D eigenvalue weighted by Crippen LogP contribution is 2.30. The predicted octanol–water partition coefficient (Wildman–Crippen LogP) is 3.68. The first-order valence-electron chi connectivity index (χ1n) is 8.81. The smallest absolute Gasteiger partial charge is 0.331 e. The maximum absolute atomic E-state index is 12.8. The average molecular weight is 377 g/mol. The maximum atomic E-state index is 12.8. The quantitative estimate of drug-likeness (QED) is 0.386. The lowest BCUT2D eigenvalue weighted by atomic mass is 10.0. The number of carbonyl (C=O) groups excluding carboxylic acids is 3. The van der Waals surface area contributed by atoms with E-state index in [1.807, 2.05) is 54.6 Å². The van der Waals surface area contributed by atoms with E-state index in [2.05, 4.69) is 9.72 Å². The van der Waals surface area contributed by atoms with Gasteiger partial charge in [0.1, 0.15) is 0 Å². The van der Waals surface area contributed by atoms with Gasteiger partial charge in [0.25, 0.3) is 0 Å². The van der Waals surface area contributed by atoms with Crippen LogP contribution >= 0.6 is 0 Å². The first kappa shape index (κ1) is 19.1. The second kappa shape index (κ2) is 8.81. The SMILES string of the molecule is CCOC(=O)/C=C/C(=O)OCC(=O)c1c(-c2ccccc2)[nH]c2ccccc12. The number of fused-ring (bicyclic) bond motifs is 1. The van der Waals surface area contributed by atoms with Gasteiger partial charge in [0.15, 0.2) is 6.61 Å². The molecule has 0 bridgehead atoms. The number of H-pyrrole nitrogens is 1. The number of rotatable bonds is 7. The molecule has 0 saturated heterocycles. The molecule has 28 heavy (non-hydrogen) atoms. The van der Waals surface area contributed by atoms with E-state index in [0.29, 0.717) is 11.3 Å². The minimum atomic E-state index is -0.789. The number of aromatic amines is 1. The van der Waals surface area contributed by atoms with Crippen LogP contribution in [0.3, 0.4) is 0 Å². The van der Waals surface area contributed by atoms with Gasteiger partial charge in [-0.3, -0.25) is 4.79 Å². The molecule has 0 radical (unpaired) electrons.